The number of aryl methyl sites for hydroxylation is 1. The third-order valence-corrected chi connectivity index (χ3v) is 4.87. The highest BCUT2D eigenvalue weighted by Gasteiger charge is 2.25. The molecule has 0 heterocycles. The lowest BCUT2D eigenvalue weighted by atomic mass is 10.0. The molecule has 0 saturated heterocycles. The molecule has 0 bridgehead atoms. The predicted molar refractivity (Wildman–Crippen MR) is 77.0 cm³/mol. The van der Waals surface area contributed by atoms with Crippen molar-refractivity contribution in [2.24, 2.45) is 11.8 Å². The van der Waals surface area contributed by atoms with Crippen molar-refractivity contribution in [1.82, 2.24) is 5.32 Å². The van der Waals surface area contributed by atoms with Crippen LogP contribution in [-0.4, -0.2) is 6.54 Å². The van der Waals surface area contributed by atoms with Crippen molar-refractivity contribution < 1.29 is 0 Å². The second kappa shape index (κ2) is 5.22. The number of fused-ring (bicyclic) bond motifs is 1. The number of halogens is 1. The molecular weight excluding hydrogens is 242 g/mol. The van der Waals surface area contributed by atoms with E-state index in [0.717, 1.165) is 16.9 Å². The SMILES string of the molecule is CC1CCC(CNC2CCc3cc(Cl)ccc32)C1. The molecule has 1 saturated carbocycles. The van der Waals surface area contributed by atoms with Gasteiger partial charge in [0.1, 0.15) is 0 Å². The lowest BCUT2D eigenvalue weighted by Gasteiger charge is -2.17. The quantitative estimate of drug-likeness (QED) is 0.855. The minimum Gasteiger partial charge on any atom is -0.310 e. The smallest absolute Gasteiger partial charge is 0.0408 e. The molecule has 2 aliphatic rings. The standard InChI is InChI=1S/C16H22ClN/c1-11-2-3-12(8-11)10-18-16-7-4-13-9-14(17)5-6-15(13)16/h5-6,9,11-12,16,18H,2-4,7-8,10H2,1H3. The fourth-order valence-corrected chi connectivity index (χ4v) is 3.81. The Hall–Kier alpha value is -0.530. The van der Waals surface area contributed by atoms with Crippen molar-refractivity contribution in [3.05, 3.63) is 34.3 Å². The van der Waals surface area contributed by atoms with Gasteiger partial charge in [0.2, 0.25) is 0 Å². The number of rotatable bonds is 3. The van der Waals surface area contributed by atoms with Gasteiger partial charge in [0, 0.05) is 11.1 Å². The third kappa shape index (κ3) is 2.57. The maximum Gasteiger partial charge on any atom is 0.0408 e. The Bertz CT molecular complexity index is 429. The van der Waals surface area contributed by atoms with Gasteiger partial charge >= 0.3 is 0 Å². The Kier molecular flexibility index (Phi) is 3.63. The first-order chi connectivity index (χ1) is 8.72. The number of hydrogen-bond acceptors (Lipinski definition) is 1. The zero-order chi connectivity index (χ0) is 12.5. The number of hydrogen-bond donors (Lipinski definition) is 1. The van der Waals surface area contributed by atoms with Crippen molar-refractivity contribution in [2.75, 3.05) is 6.54 Å². The summed E-state index contributed by atoms with van der Waals surface area (Å²) in [5, 5.41) is 4.65. The molecular formula is C16H22ClN. The molecule has 1 fully saturated rings. The van der Waals surface area contributed by atoms with Gasteiger partial charge in [-0.2, -0.15) is 0 Å². The molecule has 3 rings (SSSR count). The second-order valence-electron chi connectivity index (χ2n) is 6.13. The number of benzene rings is 1. The Morgan fingerprint density at radius 3 is 2.94 bits per heavy atom. The average molecular weight is 264 g/mol. The lowest BCUT2D eigenvalue weighted by molar-refractivity contribution is 0.426. The van der Waals surface area contributed by atoms with E-state index in [2.05, 4.69) is 24.4 Å². The molecule has 0 spiro atoms. The van der Waals surface area contributed by atoms with E-state index in [0.29, 0.717) is 6.04 Å². The van der Waals surface area contributed by atoms with Crippen LogP contribution in [0.3, 0.4) is 0 Å². The topological polar surface area (TPSA) is 12.0 Å². The van der Waals surface area contributed by atoms with E-state index in [1.54, 1.807) is 0 Å². The zero-order valence-corrected chi connectivity index (χ0v) is 11.8. The first-order valence-corrected chi connectivity index (χ1v) is 7.62. The fraction of sp³-hybridized carbons (Fsp3) is 0.625. The van der Waals surface area contributed by atoms with Crippen LogP contribution in [0.1, 0.15) is 49.8 Å². The van der Waals surface area contributed by atoms with Crippen LogP contribution < -0.4 is 5.32 Å². The molecule has 2 heteroatoms. The minimum atomic E-state index is 0.563. The Balaban J connectivity index is 1.59. The van der Waals surface area contributed by atoms with Crippen LogP contribution in [0.5, 0.6) is 0 Å². The Morgan fingerprint density at radius 1 is 1.28 bits per heavy atom. The van der Waals surface area contributed by atoms with Gasteiger partial charge in [-0.1, -0.05) is 31.0 Å². The highest BCUT2D eigenvalue weighted by molar-refractivity contribution is 6.30. The van der Waals surface area contributed by atoms with Crippen molar-refractivity contribution >= 4 is 11.6 Å². The van der Waals surface area contributed by atoms with E-state index in [1.807, 2.05) is 6.07 Å². The molecule has 0 aromatic heterocycles. The number of nitrogens with one attached hydrogen (secondary N) is 1. The van der Waals surface area contributed by atoms with Crippen LogP contribution in [0, 0.1) is 11.8 Å². The molecule has 0 aliphatic heterocycles. The molecule has 1 aromatic carbocycles. The summed E-state index contributed by atoms with van der Waals surface area (Å²) < 4.78 is 0. The zero-order valence-electron chi connectivity index (χ0n) is 11.1. The van der Waals surface area contributed by atoms with Crippen LogP contribution >= 0.6 is 11.6 Å². The summed E-state index contributed by atoms with van der Waals surface area (Å²) >= 11 is 6.05. The second-order valence-corrected chi connectivity index (χ2v) is 6.56. The molecule has 0 radical (unpaired) electrons. The molecule has 0 amide bonds. The van der Waals surface area contributed by atoms with Gasteiger partial charge in [-0.25, -0.2) is 0 Å². The van der Waals surface area contributed by atoms with Crippen molar-refractivity contribution in [2.45, 2.75) is 45.1 Å². The molecule has 1 aromatic rings. The van der Waals surface area contributed by atoms with Gasteiger partial charge < -0.3 is 5.32 Å². The fourth-order valence-electron chi connectivity index (χ4n) is 3.62. The summed E-state index contributed by atoms with van der Waals surface area (Å²) in [4.78, 5) is 0. The van der Waals surface area contributed by atoms with E-state index in [1.165, 1.54) is 49.8 Å². The van der Waals surface area contributed by atoms with Crippen LogP contribution in [0.15, 0.2) is 18.2 Å². The van der Waals surface area contributed by atoms with Gasteiger partial charge in [-0.15, -0.1) is 0 Å². The monoisotopic (exact) mass is 263 g/mol. The third-order valence-electron chi connectivity index (χ3n) is 4.64. The summed E-state index contributed by atoms with van der Waals surface area (Å²) in [5.74, 6) is 1.84. The van der Waals surface area contributed by atoms with E-state index in [9.17, 15) is 0 Å². The molecule has 1 N–H and O–H groups in total. The maximum absolute atomic E-state index is 6.05. The van der Waals surface area contributed by atoms with Gasteiger partial charge in [0.25, 0.3) is 0 Å². The van der Waals surface area contributed by atoms with Crippen LogP contribution in [0.2, 0.25) is 5.02 Å². The Morgan fingerprint density at radius 2 is 2.17 bits per heavy atom. The van der Waals surface area contributed by atoms with Gasteiger partial charge in [0.15, 0.2) is 0 Å². The van der Waals surface area contributed by atoms with Crippen molar-refractivity contribution in [3.8, 4) is 0 Å². The summed E-state index contributed by atoms with van der Waals surface area (Å²) in [7, 11) is 0. The highest BCUT2D eigenvalue weighted by atomic mass is 35.5. The van der Waals surface area contributed by atoms with Crippen molar-refractivity contribution in [1.29, 1.82) is 0 Å². The van der Waals surface area contributed by atoms with Crippen LogP contribution in [0.25, 0.3) is 0 Å². The van der Waals surface area contributed by atoms with Crippen LogP contribution in [0.4, 0.5) is 0 Å². The molecule has 3 atom stereocenters. The van der Waals surface area contributed by atoms with E-state index in [-0.39, 0.29) is 0 Å². The molecule has 3 unspecified atom stereocenters. The van der Waals surface area contributed by atoms with E-state index < -0.39 is 0 Å². The minimum absolute atomic E-state index is 0.563. The van der Waals surface area contributed by atoms with Gasteiger partial charge in [0.05, 0.1) is 0 Å². The Labute approximate surface area is 115 Å². The summed E-state index contributed by atoms with van der Waals surface area (Å²) in [5.41, 5.74) is 2.92. The average Bonchev–Trinajstić information content (AvgIpc) is 2.92. The molecule has 98 valence electrons. The summed E-state index contributed by atoms with van der Waals surface area (Å²) in [6.07, 6.45) is 6.65. The predicted octanol–water partition coefficient (Wildman–Crippen LogP) is 4.35. The molecule has 2 aliphatic carbocycles. The van der Waals surface area contributed by atoms with E-state index in [4.69, 9.17) is 11.6 Å². The molecule has 18 heavy (non-hydrogen) atoms. The summed E-state index contributed by atoms with van der Waals surface area (Å²) in [6.45, 7) is 3.57. The van der Waals surface area contributed by atoms with Gasteiger partial charge in [-0.05, 0) is 67.3 Å². The first kappa shape index (κ1) is 12.5. The molecule has 1 nitrogen and oxygen atoms in total. The van der Waals surface area contributed by atoms with Crippen LogP contribution in [-0.2, 0) is 6.42 Å². The van der Waals surface area contributed by atoms with E-state index >= 15 is 0 Å². The van der Waals surface area contributed by atoms with Crippen molar-refractivity contribution in [3.63, 3.8) is 0 Å². The largest absolute Gasteiger partial charge is 0.310 e. The normalized spacial score (nSPS) is 30.7. The highest BCUT2D eigenvalue weighted by Crippen LogP contribution is 2.34. The van der Waals surface area contributed by atoms with Gasteiger partial charge in [-0.3, -0.25) is 0 Å². The lowest BCUT2D eigenvalue weighted by Crippen LogP contribution is -2.25. The maximum atomic E-state index is 6.05. The summed E-state index contributed by atoms with van der Waals surface area (Å²) in [6, 6.07) is 6.93. The first-order valence-electron chi connectivity index (χ1n) is 7.24.